The molecule has 1 amide bonds. The molecule has 1 heterocycles. The number of hydrogen-bond donors (Lipinski definition) is 2. The van der Waals surface area contributed by atoms with Crippen molar-refractivity contribution >= 4 is 17.5 Å². The predicted molar refractivity (Wildman–Crippen MR) is 107 cm³/mol. The van der Waals surface area contributed by atoms with Gasteiger partial charge in [0.15, 0.2) is 18.1 Å². The lowest BCUT2D eigenvalue weighted by molar-refractivity contribution is -0.124. The zero-order valence-corrected chi connectivity index (χ0v) is 17.4. The number of carbonyl (C=O) groups excluding carboxylic acids is 1. The van der Waals surface area contributed by atoms with Crippen LogP contribution in [0.4, 0.5) is 0 Å². The van der Waals surface area contributed by atoms with Crippen molar-refractivity contribution in [2.24, 2.45) is 0 Å². The summed E-state index contributed by atoms with van der Waals surface area (Å²) >= 11 is 6.41. The molecule has 1 unspecified atom stereocenters. The molecule has 0 bridgehead atoms. The molecule has 1 fully saturated rings. The van der Waals surface area contributed by atoms with Gasteiger partial charge in [-0.05, 0) is 52.2 Å². The van der Waals surface area contributed by atoms with Crippen LogP contribution in [0, 0.1) is 0 Å². The Morgan fingerprint density at radius 2 is 2.04 bits per heavy atom. The van der Waals surface area contributed by atoms with Crippen molar-refractivity contribution in [3.05, 3.63) is 22.7 Å². The molecule has 2 N–H and O–H groups in total. The van der Waals surface area contributed by atoms with Gasteiger partial charge in [0.2, 0.25) is 0 Å². The van der Waals surface area contributed by atoms with Gasteiger partial charge in [-0.15, -0.1) is 0 Å². The fraction of sp³-hybridized carbons (Fsp3) is 0.650. The number of ether oxygens (including phenoxy) is 3. The molecule has 1 aromatic rings. The number of nitrogens with one attached hydrogen (secondary N) is 2. The van der Waals surface area contributed by atoms with Crippen LogP contribution < -0.4 is 20.1 Å². The molecule has 1 atom stereocenters. The Morgan fingerprint density at radius 3 is 2.67 bits per heavy atom. The molecule has 2 rings (SSSR count). The van der Waals surface area contributed by atoms with Crippen LogP contribution in [-0.2, 0) is 16.1 Å². The Balaban J connectivity index is 1.97. The minimum atomic E-state index is -0.306. The largest absolute Gasteiger partial charge is 0.490 e. The van der Waals surface area contributed by atoms with Crippen LogP contribution in [-0.4, -0.2) is 43.9 Å². The van der Waals surface area contributed by atoms with E-state index in [-0.39, 0.29) is 24.2 Å². The lowest BCUT2D eigenvalue weighted by Gasteiger charge is -2.21. The summed E-state index contributed by atoms with van der Waals surface area (Å²) in [7, 11) is 0. The summed E-state index contributed by atoms with van der Waals surface area (Å²) in [6, 6.07) is 3.57. The molecule has 1 saturated heterocycles. The van der Waals surface area contributed by atoms with Crippen molar-refractivity contribution in [2.45, 2.75) is 58.7 Å². The normalized spacial score (nSPS) is 17.0. The number of halogens is 1. The molecular formula is C20H31ClN2O4. The topological polar surface area (TPSA) is 68.8 Å². The number of carbonyl (C=O) groups is 1. The van der Waals surface area contributed by atoms with Gasteiger partial charge in [0.25, 0.3) is 5.91 Å². The average Bonchev–Trinajstić information content (AvgIpc) is 3.08. The van der Waals surface area contributed by atoms with Crippen molar-refractivity contribution < 1.29 is 19.0 Å². The summed E-state index contributed by atoms with van der Waals surface area (Å²) in [5.74, 6) is 0.858. The van der Waals surface area contributed by atoms with Gasteiger partial charge in [-0.3, -0.25) is 4.79 Å². The van der Waals surface area contributed by atoms with E-state index < -0.39 is 0 Å². The van der Waals surface area contributed by atoms with Crippen molar-refractivity contribution in [1.29, 1.82) is 0 Å². The number of benzene rings is 1. The third-order valence-electron chi connectivity index (χ3n) is 4.00. The molecule has 27 heavy (non-hydrogen) atoms. The fourth-order valence-electron chi connectivity index (χ4n) is 2.86. The molecule has 0 saturated carbocycles. The highest BCUT2D eigenvalue weighted by Crippen LogP contribution is 2.33. The molecule has 1 aliphatic heterocycles. The maximum Gasteiger partial charge on any atom is 0.258 e. The Morgan fingerprint density at radius 1 is 1.30 bits per heavy atom. The first-order valence-corrected chi connectivity index (χ1v) is 9.87. The van der Waals surface area contributed by atoms with Crippen LogP contribution in [0.3, 0.4) is 0 Å². The van der Waals surface area contributed by atoms with Gasteiger partial charge >= 0.3 is 0 Å². The van der Waals surface area contributed by atoms with Crippen LogP contribution in [0.2, 0.25) is 5.02 Å². The van der Waals surface area contributed by atoms with E-state index in [2.05, 4.69) is 10.6 Å². The van der Waals surface area contributed by atoms with Gasteiger partial charge in [-0.1, -0.05) is 11.6 Å². The molecule has 1 aromatic carbocycles. The van der Waals surface area contributed by atoms with Gasteiger partial charge in [-0.2, -0.15) is 0 Å². The number of rotatable bonds is 9. The third kappa shape index (κ3) is 7.56. The van der Waals surface area contributed by atoms with E-state index in [1.54, 1.807) is 6.07 Å². The van der Waals surface area contributed by atoms with E-state index >= 15 is 0 Å². The standard InChI is InChI=1S/C20H31ClN2O4/c1-5-25-17-9-14(11-22-12-15-7-6-8-26-15)16(21)10-18(17)27-13-19(24)23-20(2,3)4/h9-10,15,22H,5-8,11-13H2,1-4H3,(H,23,24). The molecule has 0 aliphatic carbocycles. The van der Waals surface area contributed by atoms with Crippen LogP contribution in [0.5, 0.6) is 11.5 Å². The van der Waals surface area contributed by atoms with Crippen molar-refractivity contribution in [1.82, 2.24) is 10.6 Å². The van der Waals surface area contributed by atoms with E-state index in [0.717, 1.165) is 31.6 Å². The van der Waals surface area contributed by atoms with Crippen LogP contribution in [0.15, 0.2) is 12.1 Å². The van der Waals surface area contributed by atoms with Crippen molar-refractivity contribution in [3.63, 3.8) is 0 Å². The van der Waals surface area contributed by atoms with Crippen molar-refractivity contribution in [3.8, 4) is 11.5 Å². The van der Waals surface area contributed by atoms with Crippen LogP contribution >= 0.6 is 11.6 Å². The Kier molecular flexibility index (Phi) is 8.20. The van der Waals surface area contributed by atoms with E-state index in [1.165, 1.54) is 0 Å². The fourth-order valence-corrected chi connectivity index (χ4v) is 3.09. The molecular weight excluding hydrogens is 368 g/mol. The van der Waals surface area contributed by atoms with Crippen molar-refractivity contribution in [2.75, 3.05) is 26.4 Å². The lowest BCUT2D eigenvalue weighted by atomic mass is 10.1. The van der Waals surface area contributed by atoms with Gasteiger partial charge in [-0.25, -0.2) is 0 Å². The first-order chi connectivity index (χ1) is 12.8. The first-order valence-electron chi connectivity index (χ1n) is 9.50. The van der Waals surface area contributed by atoms with Gasteiger partial charge < -0.3 is 24.8 Å². The molecule has 0 aromatic heterocycles. The minimum absolute atomic E-state index is 0.0930. The molecule has 6 nitrogen and oxygen atoms in total. The Hall–Kier alpha value is -1.50. The second-order valence-corrected chi connectivity index (χ2v) is 8.08. The van der Waals surface area contributed by atoms with Gasteiger partial charge in [0.1, 0.15) is 0 Å². The maximum absolute atomic E-state index is 12.0. The quantitative estimate of drug-likeness (QED) is 0.668. The van der Waals surface area contributed by atoms with E-state index in [1.807, 2.05) is 33.8 Å². The smallest absolute Gasteiger partial charge is 0.258 e. The highest BCUT2D eigenvalue weighted by molar-refractivity contribution is 6.31. The van der Waals surface area contributed by atoms with E-state index in [9.17, 15) is 4.79 Å². The SMILES string of the molecule is CCOc1cc(CNCC2CCCO2)c(Cl)cc1OCC(=O)NC(C)(C)C. The zero-order chi connectivity index (χ0) is 19.9. The monoisotopic (exact) mass is 398 g/mol. The maximum atomic E-state index is 12.0. The summed E-state index contributed by atoms with van der Waals surface area (Å²) in [5, 5.41) is 6.81. The summed E-state index contributed by atoms with van der Waals surface area (Å²) in [4.78, 5) is 12.0. The Labute approximate surface area is 166 Å². The van der Waals surface area contributed by atoms with Gasteiger partial charge in [0, 0.05) is 36.3 Å². The highest BCUT2D eigenvalue weighted by atomic mass is 35.5. The zero-order valence-electron chi connectivity index (χ0n) is 16.7. The highest BCUT2D eigenvalue weighted by Gasteiger charge is 2.18. The van der Waals surface area contributed by atoms with Crippen LogP contribution in [0.25, 0.3) is 0 Å². The number of amides is 1. The van der Waals surface area contributed by atoms with E-state index in [0.29, 0.717) is 29.7 Å². The first kappa shape index (κ1) is 21.8. The lowest BCUT2D eigenvalue weighted by Crippen LogP contribution is -2.43. The van der Waals surface area contributed by atoms with Crippen LogP contribution in [0.1, 0.15) is 46.1 Å². The molecule has 7 heteroatoms. The third-order valence-corrected chi connectivity index (χ3v) is 4.35. The second-order valence-electron chi connectivity index (χ2n) is 7.68. The number of hydrogen-bond acceptors (Lipinski definition) is 5. The molecule has 0 spiro atoms. The molecule has 0 radical (unpaired) electrons. The summed E-state index contributed by atoms with van der Waals surface area (Å²) in [6.45, 7) is 10.3. The summed E-state index contributed by atoms with van der Waals surface area (Å²) in [6.07, 6.45) is 2.49. The predicted octanol–water partition coefficient (Wildman–Crippen LogP) is 3.30. The summed E-state index contributed by atoms with van der Waals surface area (Å²) < 4.78 is 16.9. The Bertz CT molecular complexity index is 625. The second kappa shape index (κ2) is 10.2. The molecule has 152 valence electrons. The van der Waals surface area contributed by atoms with Gasteiger partial charge in [0.05, 0.1) is 12.7 Å². The average molecular weight is 399 g/mol. The minimum Gasteiger partial charge on any atom is -0.490 e. The summed E-state index contributed by atoms with van der Waals surface area (Å²) in [5.41, 5.74) is 0.615. The molecule has 1 aliphatic rings. The van der Waals surface area contributed by atoms with E-state index in [4.69, 9.17) is 25.8 Å².